The fourth-order valence-corrected chi connectivity index (χ4v) is 2.53. The average molecular weight is 300 g/mol. The summed E-state index contributed by atoms with van der Waals surface area (Å²) in [4.78, 5) is 10.4. The normalized spacial score (nSPS) is 11.7. The second kappa shape index (κ2) is 7.85. The first-order chi connectivity index (χ1) is 9.49. The van der Waals surface area contributed by atoms with Crippen LogP contribution in [0.2, 0.25) is 0 Å². The van der Waals surface area contributed by atoms with Crippen molar-refractivity contribution in [1.82, 2.24) is 0 Å². The number of carboxylic acids is 1. The Kier molecular flexibility index (Phi) is 6.45. The zero-order valence-electron chi connectivity index (χ0n) is 11.3. The van der Waals surface area contributed by atoms with E-state index >= 15 is 0 Å². The van der Waals surface area contributed by atoms with Gasteiger partial charge in [0.05, 0.1) is 13.2 Å². The van der Waals surface area contributed by atoms with E-state index in [0.29, 0.717) is 11.3 Å². The lowest BCUT2D eigenvalue weighted by molar-refractivity contribution is -0.131. The molecule has 1 aromatic rings. The number of phosphoric ester groups is 1. The van der Waals surface area contributed by atoms with Crippen LogP contribution in [-0.4, -0.2) is 24.3 Å². The Labute approximate surface area is 117 Å². The van der Waals surface area contributed by atoms with Crippen molar-refractivity contribution in [2.24, 2.45) is 0 Å². The number of phosphoric acid groups is 1. The molecule has 0 aliphatic rings. The highest BCUT2D eigenvalue weighted by molar-refractivity contribution is 7.48. The SMILES string of the molecule is CCOP(=O)(OCC)Oc1ccc(/C=C/C(=O)O)cc1. The van der Waals surface area contributed by atoms with Crippen LogP contribution in [0.1, 0.15) is 19.4 Å². The predicted molar refractivity (Wildman–Crippen MR) is 74.6 cm³/mol. The van der Waals surface area contributed by atoms with Crippen LogP contribution in [0.25, 0.3) is 6.08 Å². The van der Waals surface area contributed by atoms with E-state index < -0.39 is 13.8 Å². The Bertz CT molecular complexity index is 498. The predicted octanol–water partition coefficient (Wildman–Crippen LogP) is 3.34. The summed E-state index contributed by atoms with van der Waals surface area (Å²) in [5, 5.41) is 8.52. The van der Waals surface area contributed by atoms with Gasteiger partial charge in [-0.05, 0) is 37.6 Å². The van der Waals surface area contributed by atoms with Crippen molar-refractivity contribution in [3.8, 4) is 5.75 Å². The van der Waals surface area contributed by atoms with Crippen molar-refractivity contribution in [3.63, 3.8) is 0 Å². The maximum Gasteiger partial charge on any atom is 0.530 e. The van der Waals surface area contributed by atoms with Crippen LogP contribution >= 0.6 is 7.82 Å². The minimum Gasteiger partial charge on any atom is -0.478 e. The number of carbonyl (C=O) groups is 1. The molecule has 6 nitrogen and oxygen atoms in total. The van der Waals surface area contributed by atoms with Gasteiger partial charge in [0.1, 0.15) is 5.75 Å². The van der Waals surface area contributed by atoms with E-state index in [1.54, 1.807) is 38.1 Å². The first-order valence-corrected chi connectivity index (χ1v) is 7.55. The molecule has 1 aromatic carbocycles. The van der Waals surface area contributed by atoms with Crippen molar-refractivity contribution >= 4 is 19.9 Å². The smallest absolute Gasteiger partial charge is 0.478 e. The summed E-state index contributed by atoms with van der Waals surface area (Å²) in [5.74, 6) is -0.703. The Morgan fingerprint density at radius 2 is 1.75 bits per heavy atom. The van der Waals surface area contributed by atoms with Gasteiger partial charge in [-0.1, -0.05) is 12.1 Å². The average Bonchev–Trinajstić information content (AvgIpc) is 2.38. The molecule has 0 aromatic heterocycles. The standard InChI is InChI=1S/C13H17O6P/c1-3-17-20(16,18-4-2)19-12-8-5-11(6-9-12)7-10-13(14)15/h5-10H,3-4H2,1-2H3,(H,14,15)/b10-7+. The molecule has 0 spiro atoms. The Morgan fingerprint density at radius 1 is 1.20 bits per heavy atom. The number of rotatable bonds is 8. The maximum atomic E-state index is 12.1. The van der Waals surface area contributed by atoms with Crippen LogP contribution in [0, 0.1) is 0 Å². The van der Waals surface area contributed by atoms with E-state index in [1.165, 1.54) is 6.08 Å². The topological polar surface area (TPSA) is 82.1 Å². The third-order valence-electron chi connectivity index (χ3n) is 2.09. The molecule has 0 fully saturated rings. The zero-order chi connectivity index (χ0) is 15.0. The quantitative estimate of drug-likeness (QED) is 0.585. The van der Waals surface area contributed by atoms with E-state index in [0.717, 1.165) is 6.08 Å². The van der Waals surface area contributed by atoms with Gasteiger partial charge in [-0.2, -0.15) is 0 Å². The molecule has 0 bridgehead atoms. The van der Waals surface area contributed by atoms with E-state index in [9.17, 15) is 9.36 Å². The molecule has 1 rings (SSSR count). The van der Waals surface area contributed by atoms with Crippen molar-refractivity contribution < 1.29 is 28.0 Å². The molecule has 0 heterocycles. The van der Waals surface area contributed by atoms with Gasteiger partial charge < -0.3 is 9.63 Å². The van der Waals surface area contributed by atoms with Crippen LogP contribution in [0.5, 0.6) is 5.75 Å². The minimum absolute atomic E-state index is 0.205. The van der Waals surface area contributed by atoms with E-state index in [-0.39, 0.29) is 13.2 Å². The molecule has 0 aliphatic carbocycles. The van der Waals surface area contributed by atoms with Crippen LogP contribution < -0.4 is 4.52 Å². The third-order valence-corrected chi connectivity index (χ3v) is 3.67. The summed E-state index contributed by atoms with van der Waals surface area (Å²) < 4.78 is 27.4. The van der Waals surface area contributed by atoms with Crippen molar-refractivity contribution in [2.45, 2.75) is 13.8 Å². The van der Waals surface area contributed by atoms with Crippen LogP contribution in [0.4, 0.5) is 0 Å². The van der Waals surface area contributed by atoms with Crippen molar-refractivity contribution in [1.29, 1.82) is 0 Å². The van der Waals surface area contributed by atoms with Gasteiger partial charge >= 0.3 is 13.8 Å². The fraction of sp³-hybridized carbons (Fsp3) is 0.308. The highest BCUT2D eigenvalue weighted by Crippen LogP contribution is 2.49. The zero-order valence-corrected chi connectivity index (χ0v) is 12.2. The lowest BCUT2D eigenvalue weighted by Gasteiger charge is -2.16. The molecule has 0 atom stereocenters. The summed E-state index contributed by atoms with van der Waals surface area (Å²) in [6.07, 6.45) is 2.47. The first-order valence-electron chi connectivity index (χ1n) is 6.09. The molecule has 110 valence electrons. The van der Waals surface area contributed by atoms with Gasteiger partial charge in [-0.15, -0.1) is 0 Å². The van der Waals surface area contributed by atoms with Gasteiger partial charge in [0.2, 0.25) is 0 Å². The van der Waals surface area contributed by atoms with Crippen molar-refractivity contribution in [3.05, 3.63) is 35.9 Å². The first kappa shape index (κ1) is 16.4. The Hall–Kier alpha value is -1.62. The summed E-state index contributed by atoms with van der Waals surface area (Å²) in [7, 11) is -3.60. The molecule has 0 saturated heterocycles. The number of benzene rings is 1. The molecule has 1 N–H and O–H groups in total. The minimum atomic E-state index is -3.60. The van der Waals surface area contributed by atoms with Gasteiger partial charge in [0.15, 0.2) is 0 Å². The highest BCUT2D eigenvalue weighted by Gasteiger charge is 2.27. The van der Waals surface area contributed by atoms with E-state index in [2.05, 4.69) is 0 Å². The third kappa shape index (κ3) is 5.57. The summed E-state index contributed by atoms with van der Waals surface area (Å²) in [6, 6.07) is 6.40. The molecule has 0 saturated carbocycles. The number of aliphatic carboxylic acids is 1. The van der Waals surface area contributed by atoms with Crippen LogP contribution in [0.3, 0.4) is 0 Å². The molecule has 20 heavy (non-hydrogen) atoms. The molecular weight excluding hydrogens is 283 g/mol. The fourth-order valence-electron chi connectivity index (χ4n) is 1.34. The van der Waals surface area contributed by atoms with E-state index in [4.69, 9.17) is 18.7 Å². The summed E-state index contributed by atoms with van der Waals surface area (Å²) in [6.45, 7) is 3.79. The van der Waals surface area contributed by atoms with E-state index in [1.807, 2.05) is 0 Å². The maximum absolute atomic E-state index is 12.1. The van der Waals surface area contributed by atoms with Gasteiger partial charge in [-0.3, -0.25) is 9.05 Å². The Morgan fingerprint density at radius 3 is 2.20 bits per heavy atom. The molecule has 0 unspecified atom stereocenters. The van der Waals surface area contributed by atoms with Crippen LogP contribution in [-0.2, 0) is 18.4 Å². The molecule has 0 aliphatic heterocycles. The van der Waals surface area contributed by atoms with Gasteiger partial charge in [-0.25, -0.2) is 9.36 Å². The van der Waals surface area contributed by atoms with Gasteiger partial charge in [0, 0.05) is 6.08 Å². The lowest BCUT2D eigenvalue weighted by Crippen LogP contribution is -2.02. The monoisotopic (exact) mass is 300 g/mol. The lowest BCUT2D eigenvalue weighted by atomic mass is 10.2. The second-order valence-corrected chi connectivity index (χ2v) is 5.21. The number of hydrogen-bond donors (Lipinski definition) is 1. The largest absolute Gasteiger partial charge is 0.530 e. The molecule has 0 radical (unpaired) electrons. The number of carboxylic acid groups (broad SMARTS) is 1. The highest BCUT2D eigenvalue weighted by atomic mass is 31.2. The molecular formula is C13H17O6P. The van der Waals surface area contributed by atoms with Crippen molar-refractivity contribution in [2.75, 3.05) is 13.2 Å². The summed E-state index contributed by atoms with van der Waals surface area (Å²) in [5.41, 5.74) is 0.683. The number of hydrogen-bond acceptors (Lipinski definition) is 5. The Balaban J connectivity index is 2.77. The summed E-state index contributed by atoms with van der Waals surface area (Å²) >= 11 is 0. The van der Waals surface area contributed by atoms with Crippen LogP contribution in [0.15, 0.2) is 30.3 Å². The molecule has 7 heteroatoms. The van der Waals surface area contributed by atoms with Gasteiger partial charge in [0.25, 0.3) is 0 Å². The second-order valence-electron chi connectivity index (χ2n) is 3.61. The molecule has 0 amide bonds.